The van der Waals surface area contributed by atoms with E-state index in [9.17, 15) is 13.2 Å². The van der Waals surface area contributed by atoms with Crippen LogP contribution in [0.1, 0.15) is 11.4 Å². The third kappa shape index (κ3) is 2.95. The molecule has 0 spiro atoms. The molecule has 0 radical (unpaired) electrons. The average Bonchev–Trinajstić information content (AvgIpc) is 2.14. The van der Waals surface area contributed by atoms with Crippen LogP contribution >= 0.6 is 0 Å². The van der Waals surface area contributed by atoms with E-state index in [1.165, 1.54) is 0 Å². The lowest BCUT2D eigenvalue weighted by Gasteiger charge is -2.05. The molecule has 0 amide bonds. The molecule has 1 N–H and O–H groups in total. The molecule has 0 saturated carbocycles. The minimum absolute atomic E-state index is 0.410. The lowest BCUT2D eigenvalue weighted by molar-refractivity contribution is -0.138. The molecule has 14 heavy (non-hydrogen) atoms. The third-order valence-electron chi connectivity index (χ3n) is 1.63. The molecule has 78 valence electrons. The Kier molecular flexibility index (Phi) is 3.40. The molecule has 0 unspecified atom stereocenters. The zero-order chi connectivity index (χ0) is 10.6. The summed E-state index contributed by atoms with van der Waals surface area (Å²) in [5, 5.41) is 2.86. The van der Waals surface area contributed by atoms with Gasteiger partial charge in [-0.1, -0.05) is 0 Å². The molecule has 0 aliphatic carbocycles. The van der Waals surface area contributed by atoms with Crippen molar-refractivity contribution in [1.82, 2.24) is 15.3 Å². The number of likely N-dealkylation sites (N-methyl/N-ethyl adjacent to an activating group) is 1. The summed E-state index contributed by atoms with van der Waals surface area (Å²) in [4.78, 5) is 7.22. The van der Waals surface area contributed by atoms with Gasteiger partial charge >= 0.3 is 6.18 Å². The van der Waals surface area contributed by atoms with Gasteiger partial charge in [-0.25, -0.2) is 9.97 Å². The van der Waals surface area contributed by atoms with E-state index in [-0.39, 0.29) is 0 Å². The normalized spacial score (nSPS) is 11.7. The van der Waals surface area contributed by atoms with Gasteiger partial charge in [-0.15, -0.1) is 0 Å². The second kappa shape index (κ2) is 4.36. The molecule has 1 aromatic heterocycles. The monoisotopic (exact) mass is 205 g/mol. The Hall–Kier alpha value is -1.17. The van der Waals surface area contributed by atoms with Gasteiger partial charge in [0.25, 0.3) is 0 Å². The molecule has 3 nitrogen and oxygen atoms in total. The highest BCUT2D eigenvalue weighted by Gasteiger charge is 2.31. The Labute approximate surface area is 79.4 Å². The Balaban J connectivity index is 2.69. The van der Waals surface area contributed by atoms with Gasteiger partial charge < -0.3 is 5.32 Å². The average molecular weight is 205 g/mol. The summed E-state index contributed by atoms with van der Waals surface area (Å²) < 4.78 is 36.2. The van der Waals surface area contributed by atoms with Crippen molar-refractivity contribution in [3.63, 3.8) is 0 Å². The highest BCUT2D eigenvalue weighted by molar-refractivity contribution is 5.09. The van der Waals surface area contributed by atoms with Crippen LogP contribution in [-0.2, 0) is 12.6 Å². The number of alkyl halides is 3. The first-order valence-electron chi connectivity index (χ1n) is 4.07. The van der Waals surface area contributed by atoms with Crippen LogP contribution in [0.15, 0.2) is 12.4 Å². The molecule has 0 fully saturated rings. The van der Waals surface area contributed by atoms with E-state index in [2.05, 4.69) is 15.3 Å². The van der Waals surface area contributed by atoms with Crippen LogP contribution < -0.4 is 5.32 Å². The molecule has 0 saturated heterocycles. The largest absolute Gasteiger partial charge is 0.419 e. The fraction of sp³-hybridized carbons (Fsp3) is 0.500. The van der Waals surface area contributed by atoms with Gasteiger partial charge in [-0.05, 0) is 7.05 Å². The van der Waals surface area contributed by atoms with Crippen molar-refractivity contribution >= 4 is 0 Å². The maximum absolute atomic E-state index is 12.1. The van der Waals surface area contributed by atoms with Gasteiger partial charge in [0.05, 0.1) is 5.56 Å². The number of halogens is 3. The number of hydrogen-bond donors (Lipinski definition) is 1. The van der Waals surface area contributed by atoms with E-state index in [0.29, 0.717) is 18.8 Å². The van der Waals surface area contributed by atoms with Crippen molar-refractivity contribution in [3.05, 3.63) is 23.8 Å². The van der Waals surface area contributed by atoms with Gasteiger partial charge in [0, 0.05) is 25.4 Å². The van der Waals surface area contributed by atoms with Crippen molar-refractivity contribution < 1.29 is 13.2 Å². The van der Waals surface area contributed by atoms with Crippen LogP contribution in [0, 0.1) is 0 Å². The van der Waals surface area contributed by atoms with Crippen LogP contribution in [0.25, 0.3) is 0 Å². The Morgan fingerprint density at radius 1 is 1.29 bits per heavy atom. The molecule has 0 aliphatic heterocycles. The van der Waals surface area contributed by atoms with Gasteiger partial charge in [0.15, 0.2) is 0 Å². The van der Waals surface area contributed by atoms with Crippen molar-refractivity contribution in [2.75, 3.05) is 13.6 Å². The zero-order valence-electron chi connectivity index (χ0n) is 7.60. The number of aromatic nitrogens is 2. The molecule has 0 atom stereocenters. The molecule has 0 bridgehead atoms. The summed E-state index contributed by atoms with van der Waals surface area (Å²) >= 11 is 0. The predicted octanol–water partition coefficient (Wildman–Crippen LogP) is 1.26. The molecular formula is C8H10F3N3. The standard InChI is InChI=1S/C8H10F3N3/c1-12-3-2-7-13-4-6(5-14-7)8(9,10)11/h4-5,12H,2-3H2,1H3. The van der Waals surface area contributed by atoms with E-state index in [1.54, 1.807) is 7.05 Å². The Bertz CT molecular complexity index is 281. The van der Waals surface area contributed by atoms with Crippen molar-refractivity contribution in [3.8, 4) is 0 Å². The Morgan fingerprint density at radius 2 is 1.86 bits per heavy atom. The van der Waals surface area contributed by atoms with Crippen LogP contribution in [0.4, 0.5) is 13.2 Å². The van der Waals surface area contributed by atoms with E-state index >= 15 is 0 Å². The van der Waals surface area contributed by atoms with Crippen molar-refractivity contribution in [2.24, 2.45) is 0 Å². The minimum Gasteiger partial charge on any atom is -0.319 e. The SMILES string of the molecule is CNCCc1ncc(C(F)(F)F)cn1. The van der Waals surface area contributed by atoms with E-state index < -0.39 is 11.7 Å². The fourth-order valence-electron chi connectivity index (χ4n) is 0.867. The number of nitrogens with one attached hydrogen (secondary N) is 1. The smallest absolute Gasteiger partial charge is 0.319 e. The highest BCUT2D eigenvalue weighted by Crippen LogP contribution is 2.27. The summed E-state index contributed by atoms with van der Waals surface area (Å²) in [5.41, 5.74) is -0.814. The summed E-state index contributed by atoms with van der Waals surface area (Å²) in [6.07, 6.45) is -2.23. The fourth-order valence-corrected chi connectivity index (χ4v) is 0.867. The predicted molar refractivity (Wildman–Crippen MR) is 44.7 cm³/mol. The van der Waals surface area contributed by atoms with Crippen LogP contribution in [0.3, 0.4) is 0 Å². The molecule has 1 aromatic rings. The summed E-state index contributed by atoms with van der Waals surface area (Å²) in [6, 6.07) is 0. The van der Waals surface area contributed by atoms with Gasteiger partial charge in [-0.3, -0.25) is 0 Å². The molecule has 6 heteroatoms. The quantitative estimate of drug-likeness (QED) is 0.807. The molecule has 0 aromatic carbocycles. The second-order valence-electron chi connectivity index (χ2n) is 2.74. The summed E-state index contributed by atoms with van der Waals surface area (Å²) in [7, 11) is 1.75. The second-order valence-corrected chi connectivity index (χ2v) is 2.74. The summed E-state index contributed by atoms with van der Waals surface area (Å²) in [6.45, 7) is 0.644. The van der Waals surface area contributed by atoms with Gasteiger partial charge in [0.2, 0.25) is 0 Å². The number of rotatable bonds is 3. The van der Waals surface area contributed by atoms with Gasteiger partial charge in [-0.2, -0.15) is 13.2 Å². The maximum Gasteiger partial charge on any atom is 0.419 e. The Morgan fingerprint density at radius 3 is 2.29 bits per heavy atom. The molecular weight excluding hydrogens is 195 g/mol. The first-order chi connectivity index (χ1) is 6.54. The zero-order valence-corrected chi connectivity index (χ0v) is 7.60. The van der Waals surface area contributed by atoms with E-state index in [4.69, 9.17) is 0 Å². The van der Waals surface area contributed by atoms with E-state index in [0.717, 1.165) is 12.4 Å². The third-order valence-corrected chi connectivity index (χ3v) is 1.63. The molecule has 0 aliphatic rings. The van der Waals surface area contributed by atoms with Crippen LogP contribution in [0.2, 0.25) is 0 Å². The van der Waals surface area contributed by atoms with Crippen LogP contribution in [-0.4, -0.2) is 23.6 Å². The van der Waals surface area contributed by atoms with Gasteiger partial charge in [0.1, 0.15) is 5.82 Å². The minimum atomic E-state index is -4.36. The maximum atomic E-state index is 12.1. The van der Waals surface area contributed by atoms with Crippen LogP contribution in [0.5, 0.6) is 0 Å². The molecule has 1 heterocycles. The number of hydrogen-bond acceptors (Lipinski definition) is 3. The highest BCUT2D eigenvalue weighted by atomic mass is 19.4. The topological polar surface area (TPSA) is 37.8 Å². The first-order valence-corrected chi connectivity index (χ1v) is 4.07. The van der Waals surface area contributed by atoms with Crippen molar-refractivity contribution in [1.29, 1.82) is 0 Å². The first kappa shape index (κ1) is 10.9. The van der Waals surface area contributed by atoms with E-state index in [1.807, 2.05) is 0 Å². The number of nitrogens with zero attached hydrogens (tertiary/aromatic N) is 2. The van der Waals surface area contributed by atoms with Crippen molar-refractivity contribution in [2.45, 2.75) is 12.6 Å². The lowest BCUT2D eigenvalue weighted by atomic mass is 10.3. The lowest BCUT2D eigenvalue weighted by Crippen LogP contribution is -2.13. The molecule has 1 rings (SSSR count). The summed E-state index contributed by atoms with van der Waals surface area (Å²) in [5.74, 6) is 0.410.